The number of halogens is 3. The molecule has 3 heterocycles. The van der Waals surface area contributed by atoms with Gasteiger partial charge in [-0.25, -0.2) is 4.79 Å². The number of fused-ring (bicyclic) bond motifs is 1. The van der Waals surface area contributed by atoms with Gasteiger partial charge in [0.2, 0.25) is 0 Å². The molecule has 0 atom stereocenters. The van der Waals surface area contributed by atoms with Gasteiger partial charge >= 0.3 is 12.2 Å². The van der Waals surface area contributed by atoms with Crippen molar-refractivity contribution in [2.45, 2.75) is 25.1 Å². The Morgan fingerprint density at radius 3 is 2.85 bits per heavy atom. The number of aliphatic hydroxyl groups is 1. The molecule has 138 valence electrons. The number of anilines is 1. The molecule has 2 amide bonds. The Kier molecular flexibility index (Phi) is 3.96. The lowest BCUT2D eigenvalue weighted by Crippen LogP contribution is -2.39. The maximum atomic E-state index is 12.9. The second kappa shape index (κ2) is 5.95. The molecule has 1 aliphatic carbocycles. The molecule has 2 N–H and O–H groups in total. The molecule has 2 aliphatic heterocycles. The Balaban J connectivity index is 1.54. The van der Waals surface area contributed by atoms with Crippen molar-refractivity contribution in [1.82, 2.24) is 9.27 Å². The molecule has 26 heavy (non-hydrogen) atoms. The molecule has 9 heteroatoms. The first-order valence-electron chi connectivity index (χ1n) is 8.12. The Hall–Kier alpha value is -2.13. The van der Waals surface area contributed by atoms with Crippen molar-refractivity contribution in [3.8, 4) is 11.3 Å². The molecule has 0 unspecified atom stereocenters. The number of benzene rings is 1. The van der Waals surface area contributed by atoms with Gasteiger partial charge < -0.3 is 15.3 Å². The summed E-state index contributed by atoms with van der Waals surface area (Å²) in [6.45, 7) is 0.555. The summed E-state index contributed by atoms with van der Waals surface area (Å²) in [5, 5.41) is 13.8. The third-order valence-corrected chi connectivity index (χ3v) is 5.78. The molecule has 0 radical (unpaired) electrons. The van der Waals surface area contributed by atoms with Crippen LogP contribution in [-0.4, -0.2) is 39.6 Å². The predicted molar refractivity (Wildman–Crippen MR) is 90.8 cm³/mol. The molecule has 5 rings (SSSR count). The first-order valence-corrected chi connectivity index (χ1v) is 8.95. The summed E-state index contributed by atoms with van der Waals surface area (Å²) < 4.78 is 42.9. The molecule has 2 bridgehead atoms. The van der Waals surface area contributed by atoms with Gasteiger partial charge in [0, 0.05) is 28.9 Å². The number of carbonyl (C=O) groups excluding carboxylic acids is 1. The van der Waals surface area contributed by atoms with Crippen LogP contribution < -0.4 is 5.32 Å². The highest BCUT2D eigenvalue weighted by atomic mass is 32.1. The van der Waals surface area contributed by atoms with Crippen LogP contribution in [-0.2, 0) is 6.18 Å². The molecule has 3 aliphatic rings. The van der Waals surface area contributed by atoms with E-state index in [-0.39, 0.29) is 24.1 Å². The number of amides is 2. The minimum atomic E-state index is -4.44. The molecule has 1 aromatic carbocycles. The van der Waals surface area contributed by atoms with E-state index >= 15 is 0 Å². The standard InChI is InChI=1S/C17H16F3N3O2S/c18-17(19,20)11-3-1-2-10(4-11)14-13(7-26-22-14)21-15(25)23-8-16(9-24)5-12(23)6-16/h1-4,7,12,24H,5-6,8-9H2,(H,21,25). The Bertz CT molecular complexity index is 846. The number of nitrogens with one attached hydrogen (secondary N) is 1. The predicted octanol–water partition coefficient (Wildman–Crippen LogP) is 3.82. The van der Waals surface area contributed by atoms with Crippen molar-refractivity contribution in [3.63, 3.8) is 0 Å². The van der Waals surface area contributed by atoms with Gasteiger partial charge in [0.15, 0.2) is 0 Å². The highest BCUT2D eigenvalue weighted by Gasteiger charge is 2.56. The quantitative estimate of drug-likeness (QED) is 0.847. The Morgan fingerprint density at radius 2 is 2.19 bits per heavy atom. The SMILES string of the molecule is O=C(Nc1csnc1-c1cccc(C(F)(F)F)c1)N1CC2(CO)CC1C2. The highest BCUT2D eigenvalue weighted by Crippen LogP contribution is 2.51. The largest absolute Gasteiger partial charge is 0.416 e. The van der Waals surface area contributed by atoms with Gasteiger partial charge in [-0.2, -0.15) is 17.5 Å². The topological polar surface area (TPSA) is 65.5 Å². The van der Waals surface area contributed by atoms with E-state index in [0.717, 1.165) is 36.5 Å². The fourth-order valence-electron chi connectivity index (χ4n) is 3.76. The maximum absolute atomic E-state index is 12.9. The monoisotopic (exact) mass is 383 g/mol. The normalized spacial score (nSPS) is 24.5. The van der Waals surface area contributed by atoms with Crippen LogP contribution in [0.3, 0.4) is 0 Å². The second-order valence-corrected chi connectivity index (χ2v) is 7.56. The number of alkyl halides is 3. The summed E-state index contributed by atoms with van der Waals surface area (Å²) >= 11 is 1.07. The molecule has 1 saturated carbocycles. The van der Waals surface area contributed by atoms with Gasteiger partial charge in [0.25, 0.3) is 0 Å². The molecular weight excluding hydrogens is 367 g/mol. The summed E-state index contributed by atoms with van der Waals surface area (Å²) in [6.07, 6.45) is -2.86. The number of rotatable bonds is 3. The average molecular weight is 383 g/mol. The molecule has 2 saturated heterocycles. The van der Waals surface area contributed by atoms with Gasteiger partial charge in [0.05, 0.1) is 17.9 Å². The second-order valence-electron chi connectivity index (χ2n) is 6.93. The van der Waals surface area contributed by atoms with Crippen molar-refractivity contribution in [1.29, 1.82) is 0 Å². The van der Waals surface area contributed by atoms with Crippen molar-refractivity contribution in [3.05, 3.63) is 35.2 Å². The van der Waals surface area contributed by atoms with Crippen LogP contribution in [0.1, 0.15) is 18.4 Å². The summed E-state index contributed by atoms with van der Waals surface area (Å²) in [5.41, 5.74) is 0.0671. The molecule has 0 spiro atoms. The van der Waals surface area contributed by atoms with Crippen LogP contribution in [0.4, 0.5) is 23.7 Å². The summed E-state index contributed by atoms with van der Waals surface area (Å²) in [7, 11) is 0. The zero-order valence-electron chi connectivity index (χ0n) is 13.6. The van der Waals surface area contributed by atoms with Gasteiger partial charge in [-0.3, -0.25) is 0 Å². The van der Waals surface area contributed by atoms with Crippen LogP contribution in [0.5, 0.6) is 0 Å². The number of carbonyl (C=O) groups is 1. The third kappa shape index (κ3) is 2.84. The Morgan fingerprint density at radius 1 is 1.42 bits per heavy atom. The number of nitrogens with zero attached hydrogens (tertiary/aromatic N) is 2. The zero-order valence-corrected chi connectivity index (χ0v) is 14.4. The zero-order chi connectivity index (χ0) is 18.5. The van der Waals surface area contributed by atoms with Gasteiger partial charge in [-0.05, 0) is 36.5 Å². The van der Waals surface area contributed by atoms with E-state index in [1.54, 1.807) is 10.3 Å². The molecular formula is C17H16F3N3O2S. The van der Waals surface area contributed by atoms with Crippen molar-refractivity contribution in [2.24, 2.45) is 5.41 Å². The van der Waals surface area contributed by atoms with Crippen LogP contribution in [0.2, 0.25) is 0 Å². The van der Waals surface area contributed by atoms with Crippen LogP contribution in [0, 0.1) is 5.41 Å². The summed E-state index contributed by atoms with van der Waals surface area (Å²) in [5.74, 6) is 0. The lowest BCUT2D eigenvalue weighted by Gasteiger charge is -2.34. The third-order valence-electron chi connectivity index (χ3n) is 5.15. The van der Waals surface area contributed by atoms with E-state index in [0.29, 0.717) is 23.5 Å². The fraction of sp³-hybridized carbons (Fsp3) is 0.412. The number of aromatic nitrogens is 1. The molecule has 5 nitrogen and oxygen atoms in total. The lowest BCUT2D eigenvalue weighted by molar-refractivity contribution is -0.137. The van der Waals surface area contributed by atoms with Crippen LogP contribution in [0.15, 0.2) is 29.6 Å². The van der Waals surface area contributed by atoms with E-state index in [2.05, 4.69) is 9.69 Å². The summed E-state index contributed by atoms with van der Waals surface area (Å²) in [6, 6.07) is 4.69. The first kappa shape index (κ1) is 17.3. The van der Waals surface area contributed by atoms with E-state index in [4.69, 9.17) is 0 Å². The first-order chi connectivity index (χ1) is 12.3. The lowest BCUT2D eigenvalue weighted by atomic mass is 9.71. The van der Waals surface area contributed by atoms with Crippen molar-refractivity contribution >= 4 is 23.3 Å². The fourth-order valence-corrected chi connectivity index (χ4v) is 4.40. The van der Waals surface area contributed by atoms with Gasteiger partial charge in [-0.15, -0.1) is 0 Å². The van der Waals surface area contributed by atoms with Crippen molar-refractivity contribution < 1.29 is 23.1 Å². The van der Waals surface area contributed by atoms with E-state index in [9.17, 15) is 23.1 Å². The molecule has 2 aromatic rings. The Labute approximate surface area is 151 Å². The van der Waals surface area contributed by atoms with Crippen molar-refractivity contribution in [2.75, 3.05) is 18.5 Å². The number of hydrogen-bond acceptors (Lipinski definition) is 4. The number of urea groups is 1. The molecule has 1 aromatic heterocycles. The van der Waals surface area contributed by atoms with Gasteiger partial charge in [0.1, 0.15) is 5.69 Å². The van der Waals surface area contributed by atoms with E-state index in [1.165, 1.54) is 12.1 Å². The minimum absolute atomic E-state index is 0.0583. The number of aliphatic hydroxyl groups excluding tert-OH is 1. The average Bonchev–Trinajstić information content (AvgIpc) is 3.26. The van der Waals surface area contributed by atoms with Crippen LogP contribution >= 0.6 is 11.5 Å². The summed E-state index contributed by atoms with van der Waals surface area (Å²) in [4.78, 5) is 14.2. The van der Waals surface area contributed by atoms with E-state index < -0.39 is 11.7 Å². The number of hydrogen-bond donors (Lipinski definition) is 2. The minimum Gasteiger partial charge on any atom is -0.396 e. The van der Waals surface area contributed by atoms with Gasteiger partial charge in [-0.1, -0.05) is 12.1 Å². The molecule has 3 fully saturated rings. The highest BCUT2D eigenvalue weighted by molar-refractivity contribution is 7.04. The van der Waals surface area contributed by atoms with E-state index in [1.807, 2.05) is 0 Å². The smallest absolute Gasteiger partial charge is 0.396 e. The maximum Gasteiger partial charge on any atom is 0.416 e. The van der Waals surface area contributed by atoms with Crippen LogP contribution in [0.25, 0.3) is 11.3 Å².